The molecule has 4 heteroatoms. The van der Waals surface area contributed by atoms with Gasteiger partial charge in [0.1, 0.15) is 0 Å². The predicted octanol–water partition coefficient (Wildman–Crippen LogP) is 4.73. The predicted molar refractivity (Wildman–Crippen MR) is 78.5 cm³/mol. The van der Waals surface area contributed by atoms with Crippen molar-refractivity contribution in [3.63, 3.8) is 0 Å². The number of benzene rings is 1. The lowest BCUT2D eigenvalue weighted by molar-refractivity contribution is 1.18. The fourth-order valence-electron chi connectivity index (χ4n) is 1.20. The summed E-state index contributed by atoms with van der Waals surface area (Å²) in [7, 11) is 0. The fraction of sp³-hybridized carbons (Fsp3) is 0.0909. The summed E-state index contributed by atoms with van der Waals surface area (Å²) in [4.78, 5) is 1.33. The van der Waals surface area contributed by atoms with Crippen molar-refractivity contribution in [2.24, 2.45) is 0 Å². The number of halogens is 2. The van der Waals surface area contributed by atoms with Crippen LogP contribution in [-0.4, -0.2) is 0 Å². The first-order valence-electron chi connectivity index (χ1n) is 4.47. The Morgan fingerprint density at radius 3 is 2.53 bits per heavy atom. The molecule has 0 aliphatic rings. The first-order valence-corrected chi connectivity index (χ1v) is 7.22. The highest BCUT2D eigenvalue weighted by molar-refractivity contribution is 14.1. The van der Waals surface area contributed by atoms with Crippen molar-refractivity contribution < 1.29 is 0 Å². The number of thiophene rings is 1. The normalized spacial score (nSPS) is 10.3. The Balaban J connectivity index is 1.99. The Labute approximate surface area is 115 Å². The number of anilines is 1. The van der Waals surface area contributed by atoms with Crippen LogP contribution in [0, 0.1) is 3.57 Å². The van der Waals surface area contributed by atoms with Gasteiger partial charge in [0.25, 0.3) is 0 Å². The molecule has 1 nitrogen and oxygen atoms in total. The molecule has 1 aromatic heterocycles. The molecule has 78 valence electrons. The lowest BCUT2D eigenvalue weighted by Crippen LogP contribution is -1.97. The summed E-state index contributed by atoms with van der Waals surface area (Å²) < 4.78 is 2.45. The van der Waals surface area contributed by atoms with Gasteiger partial charge in [-0.2, -0.15) is 0 Å². The second-order valence-electron chi connectivity index (χ2n) is 3.05. The smallest absolute Gasteiger partial charge is 0.0505 e. The standard InChI is InChI=1S/C11H9BrINS/c12-10-5-6-15-11(10)7-14-9-3-1-8(13)2-4-9/h1-6,14H,7H2. The highest BCUT2D eigenvalue weighted by Crippen LogP contribution is 2.23. The van der Waals surface area contributed by atoms with Crippen LogP contribution in [0.3, 0.4) is 0 Å². The average molecular weight is 394 g/mol. The van der Waals surface area contributed by atoms with E-state index in [9.17, 15) is 0 Å². The van der Waals surface area contributed by atoms with E-state index in [4.69, 9.17) is 0 Å². The molecule has 0 radical (unpaired) electrons. The van der Waals surface area contributed by atoms with Gasteiger partial charge < -0.3 is 5.32 Å². The van der Waals surface area contributed by atoms with Gasteiger partial charge in [-0.1, -0.05) is 0 Å². The maximum atomic E-state index is 3.52. The van der Waals surface area contributed by atoms with Gasteiger partial charge in [-0.05, 0) is 74.2 Å². The van der Waals surface area contributed by atoms with Gasteiger partial charge in [-0.3, -0.25) is 0 Å². The molecule has 0 atom stereocenters. The van der Waals surface area contributed by atoms with E-state index in [0.29, 0.717) is 0 Å². The van der Waals surface area contributed by atoms with Crippen molar-refractivity contribution in [3.05, 3.63) is 48.6 Å². The third-order valence-corrected chi connectivity index (χ3v) is 4.63. The van der Waals surface area contributed by atoms with E-state index in [0.717, 1.165) is 12.2 Å². The van der Waals surface area contributed by atoms with Crippen molar-refractivity contribution in [2.45, 2.75) is 6.54 Å². The number of nitrogens with one attached hydrogen (secondary N) is 1. The summed E-state index contributed by atoms with van der Waals surface area (Å²) in [5, 5.41) is 5.48. The molecule has 0 fully saturated rings. The van der Waals surface area contributed by atoms with Crippen LogP contribution in [0.25, 0.3) is 0 Å². The van der Waals surface area contributed by atoms with Crippen LogP contribution in [0.15, 0.2) is 40.2 Å². The topological polar surface area (TPSA) is 12.0 Å². The molecule has 0 saturated heterocycles. The molecule has 15 heavy (non-hydrogen) atoms. The third-order valence-electron chi connectivity index (χ3n) is 1.99. The second kappa shape index (κ2) is 5.32. The van der Waals surface area contributed by atoms with Gasteiger partial charge in [-0.25, -0.2) is 0 Å². The molecule has 0 amide bonds. The monoisotopic (exact) mass is 393 g/mol. The van der Waals surface area contributed by atoms with E-state index in [-0.39, 0.29) is 0 Å². The molecular weight excluding hydrogens is 385 g/mol. The quantitative estimate of drug-likeness (QED) is 0.743. The van der Waals surface area contributed by atoms with Crippen LogP contribution in [-0.2, 0) is 6.54 Å². The van der Waals surface area contributed by atoms with E-state index in [1.807, 2.05) is 0 Å². The summed E-state index contributed by atoms with van der Waals surface area (Å²) in [6, 6.07) is 10.5. The molecule has 1 heterocycles. The molecule has 0 saturated carbocycles. The molecular formula is C11H9BrINS. The van der Waals surface area contributed by atoms with Crippen LogP contribution in [0.1, 0.15) is 4.88 Å². The zero-order valence-corrected chi connectivity index (χ0v) is 12.4. The Hall–Kier alpha value is -0.0700. The van der Waals surface area contributed by atoms with Crippen molar-refractivity contribution in [3.8, 4) is 0 Å². The van der Waals surface area contributed by atoms with Crippen LogP contribution < -0.4 is 5.32 Å². The summed E-state index contributed by atoms with van der Waals surface area (Å²) in [5.41, 5.74) is 1.16. The molecule has 0 aliphatic heterocycles. The van der Waals surface area contributed by atoms with E-state index in [1.54, 1.807) is 11.3 Å². The van der Waals surface area contributed by atoms with Gasteiger partial charge in [0, 0.05) is 18.6 Å². The Morgan fingerprint density at radius 1 is 1.20 bits per heavy atom. The van der Waals surface area contributed by atoms with Crippen LogP contribution in [0.4, 0.5) is 5.69 Å². The van der Waals surface area contributed by atoms with Crippen molar-refractivity contribution in [1.82, 2.24) is 0 Å². The maximum absolute atomic E-state index is 3.52. The molecule has 0 spiro atoms. The SMILES string of the molecule is Brc1ccsc1CNc1ccc(I)cc1. The molecule has 0 aliphatic carbocycles. The Bertz CT molecular complexity index is 438. The Kier molecular flexibility index (Phi) is 4.05. The summed E-state index contributed by atoms with van der Waals surface area (Å²) in [5.74, 6) is 0. The minimum absolute atomic E-state index is 0.874. The summed E-state index contributed by atoms with van der Waals surface area (Å²) in [6.45, 7) is 0.874. The average Bonchev–Trinajstić information content (AvgIpc) is 2.63. The Morgan fingerprint density at radius 2 is 1.93 bits per heavy atom. The number of hydrogen-bond acceptors (Lipinski definition) is 2. The van der Waals surface area contributed by atoms with Crippen LogP contribution in [0.5, 0.6) is 0 Å². The highest BCUT2D eigenvalue weighted by atomic mass is 127. The minimum Gasteiger partial charge on any atom is -0.380 e. The molecule has 1 aromatic carbocycles. The molecule has 0 unspecified atom stereocenters. The van der Waals surface area contributed by atoms with Gasteiger partial charge in [0.05, 0.1) is 6.54 Å². The summed E-state index contributed by atoms with van der Waals surface area (Å²) in [6.07, 6.45) is 0. The molecule has 2 aromatic rings. The van der Waals surface area contributed by atoms with Gasteiger partial charge in [0.15, 0.2) is 0 Å². The zero-order valence-electron chi connectivity index (χ0n) is 7.84. The van der Waals surface area contributed by atoms with Crippen molar-refractivity contribution in [2.75, 3.05) is 5.32 Å². The van der Waals surface area contributed by atoms with E-state index in [1.165, 1.54) is 12.9 Å². The van der Waals surface area contributed by atoms with E-state index < -0.39 is 0 Å². The minimum atomic E-state index is 0.874. The van der Waals surface area contributed by atoms with Crippen molar-refractivity contribution >= 4 is 55.5 Å². The molecule has 1 N–H and O–H groups in total. The van der Waals surface area contributed by atoms with Crippen molar-refractivity contribution in [1.29, 1.82) is 0 Å². The molecule has 2 rings (SSSR count). The largest absolute Gasteiger partial charge is 0.380 e. The maximum Gasteiger partial charge on any atom is 0.0505 e. The zero-order chi connectivity index (χ0) is 10.7. The number of hydrogen-bond donors (Lipinski definition) is 1. The second-order valence-corrected chi connectivity index (χ2v) is 6.15. The summed E-state index contributed by atoms with van der Waals surface area (Å²) >= 11 is 7.59. The lowest BCUT2D eigenvalue weighted by Gasteiger charge is -2.05. The lowest BCUT2D eigenvalue weighted by atomic mass is 10.3. The first kappa shape index (κ1) is 11.4. The van der Waals surface area contributed by atoms with Crippen LogP contribution in [0.2, 0.25) is 0 Å². The van der Waals surface area contributed by atoms with E-state index >= 15 is 0 Å². The number of rotatable bonds is 3. The molecule has 0 bridgehead atoms. The highest BCUT2D eigenvalue weighted by Gasteiger charge is 2.00. The third kappa shape index (κ3) is 3.19. The van der Waals surface area contributed by atoms with E-state index in [2.05, 4.69) is 79.5 Å². The van der Waals surface area contributed by atoms with Gasteiger partial charge >= 0.3 is 0 Å². The van der Waals surface area contributed by atoms with Crippen LogP contribution >= 0.6 is 49.9 Å². The van der Waals surface area contributed by atoms with Gasteiger partial charge in [-0.15, -0.1) is 11.3 Å². The van der Waals surface area contributed by atoms with Gasteiger partial charge in [0.2, 0.25) is 0 Å². The first-order chi connectivity index (χ1) is 7.25. The fourth-order valence-corrected chi connectivity index (χ4v) is 2.99.